The van der Waals surface area contributed by atoms with E-state index in [1.807, 2.05) is 84.9 Å². The van der Waals surface area contributed by atoms with Gasteiger partial charge in [0.25, 0.3) is 5.91 Å². The van der Waals surface area contributed by atoms with E-state index < -0.39 is 6.04 Å². The largest absolute Gasteiger partial charge is 0.488 e. The SMILES string of the molecule is C[C@@H](Nc1ccc2ccccc2c1)C(=O)NN=Cc1ccccc1OCc1ccc(Br)cc1. The second kappa shape index (κ2) is 10.8. The van der Waals surface area contributed by atoms with Gasteiger partial charge in [0.1, 0.15) is 18.4 Å². The van der Waals surface area contributed by atoms with E-state index in [9.17, 15) is 4.79 Å². The average Bonchev–Trinajstić information content (AvgIpc) is 2.84. The summed E-state index contributed by atoms with van der Waals surface area (Å²) in [5.41, 5.74) is 5.33. The predicted molar refractivity (Wildman–Crippen MR) is 138 cm³/mol. The van der Waals surface area contributed by atoms with Gasteiger partial charge in [-0.3, -0.25) is 4.79 Å². The molecule has 0 aliphatic rings. The van der Waals surface area contributed by atoms with Crippen LogP contribution >= 0.6 is 15.9 Å². The maximum atomic E-state index is 12.5. The van der Waals surface area contributed by atoms with E-state index in [4.69, 9.17) is 4.74 Å². The highest BCUT2D eigenvalue weighted by atomic mass is 79.9. The smallest absolute Gasteiger partial charge is 0.262 e. The number of amides is 1. The van der Waals surface area contributed by atoms with E-state index in [1.54, 1.807) is 13.1 Å². The molecular formula is C27H24BrN3O2. The summed E-state index contributed by atoms with van der Waals surface area (Å²) in [4.78, 5) is 12.5. The van der Waals surface area contributed by atoms with Gasteiger partial charge in [0.05, 0.1) is 6.21 Å². The van der Waals surface area contributed by atoms with E-state index in [0.29, 0.717) is 12.4 Å². The van der Waals surface area contributed by atoms with Crippen molar-refractivity contribution < 1.29 is 9.53 Å². The summed E-state index contributed by atoms with van der Waals surface area (Å²) in [6.07, 6.45) is 1.59. The Balaban J connectivity index is 1.34. The van der Waals surface area contributed by atoms with Gasteiger partial charge in [-0.15, -0.1) is 0 Å². The Hall–Kier alpha value is -3.64. The van der Waals surface area contributed by atoms with E-state index in [1.165, 1.54) is 0 Å². The quantitative estimate of drug-likeness (QED) is 0.225. The molecule has 166 valence electrons. The lowest BCUT2D eigenvalue weighted by Crippen LogP contribution is -2.34. The number of ether oxygens (including phenoxy) is 1. The average molecular weight is 502 g/mol. The minimum absolute atomic E-state index is 0.229. The third kappa shape index (κ3) is 6.20. The van der Waals surface area contributed by atoms with Crippen LogP contribution in [0.2, 0.25) is 0 Å². The summed E-state index contributed by atoms with van der Waals surface area (Å²) in [5.74, 6) is 0.466. The zero-order valence-corrected chi connectivity index (χ0v) is 19.7. The van der Waals surface area contributed by atoms with Gasteiger partial charge < -0.3 is 10.1 Å². The summed E-state index contributed by atoms with van der Waals surface area (Å²) in [6, 6.07) is 29.2. The molecule has 5 nitrogen and oxygen atoms in total. The molecule has 0 aliphatic carbocycles. The molecule has 1 atom stereocenters. The van der Waals surface area contributed by atoms with Crippen LogP contribution in [0, 0.1) is 0 Å². The summed E-state index contributed by atoms with van der Waals surface area (Å²) >= 11 is 3.43. The highest BCUT2D eigenvalue weighted by Crippen LogP contribution is 2.20. The molecule has 0 unspecified atom stereocenters. The van der Waals surface area contributed by atoms with Gasteiger partial charge in [-0.05, 0) is 59.7 Å². The molecule has 0 aliphatic heterocycles. The van der Waals surface area contributed by atoms with Crippen LogP contribution in [0.4, 0.5) is 5.69 Å². The first kappa shape index (κ1) is 22.6. The van der Waals surface area contributed by atoms with Gasteiger partial charge in [-0.2, -0.15) is 5.10 Å². The number of fused-ring (bicyclic) bond motifs is 1. The predicted octanol–water partition coefficient (Wildman–Crippen LogP) is 6.13. The number of hydrazone groups is 1. The lowest BCUT2D eigenvalue weighted by molar-refractivity contribution is -0.121. The minimum atomic E-state index is -0.452. The first-order valence-electron chi connectivity index (χ1n) is 10.6. The molecule has 0 saturated carbocycles. The van der Waals surface area contributed by atoms with Gasteiger partial charge in [0, 0.05) is 15.7 Å². The summed E-state index contributed by atoms with van der Waals surface area (Å²) in [6.45, 7) is 2.24. The van der Waals surface area contributed by atoms with Crippen LogP contribution in [0.25, 0.3) is 10.8 Å². The molecule has 0 heterocycles. The number of hydrogen-bond acceptors (Lipinski definition) is 4. The number of halogens is 1. The third-order valence-electron chi connectivity index (χ3n) is 5.13. The van der Waals surface area contributed by atoms with Gasteiger partial charge in [0.15, 0.2) is 0 Å². The van der Waals surface area contributed by atoms with Crippen LogP contribution < -0.4 is 15.5 Å². The van der Waals surface area contributed by atoms with Crippen LogP contribution in [0.3, 0.4) is 0 Å². The van der Waals surface area contributed by atoms with Crippen molar-refractivity contribution >= 4 is 44.5 Å². The van der Waals surface area contributed by atoms with E-state index in [2.05, 4.69) is 37.8 Å². The standard InChI is InChI=1S/C27H24BrN3O2/c1-19(30-25-15-12-21-6-2-3-7-22(21)16-25)27(32)31-29-17-23-8-4-5-9-26(23)33-18-20-10-13-24(28)14-11-20/h2-17,19,30H,18H2,1H3,(H,31,32)/t19-/m1/s1. The van der Waals surface area contributed by atoms with Crippen molar-refractivity contribution in [1.29, 1.82) is 0 Å². The fraction of sp³-hybridized carbons (Fsp3) is 0.111. The Morgan fingerprint density at radius 3 is 2.52 bits per heavy atom. The minimum Gasteiger partial charge on any atom is -0.488 e. The molecule has 1 amide bonds. The Bertz CT molecular complexity index is 1270. The second-order valence-electron chi connectivity index (χ2n) is 7.62. The molecule has 0 saturated heterocycles. The number of nitrogens with one attached hydrogen (secondary N) is 2. The summed E-state index contributed by atoms with van der Waals surface area (Å²) < 4.78 is 6.98. The Kier molecular flexibility index (Phi) is 7.37. The number of rotatable bonds is 8. The number of nitrogens with zero attached hydrogens (tertiary/aromatic N) is 1. The van der Waals surface area contributed by atoms with E-state index in [0.717, 1.165) is 32.1 Å². The van der Waals surface area contributed by atoms with Crippen LogP contribution in [-0.4, -0.2) is 18.2 Å². The summed E-state index contributed by atoms with van der Waals surface area (Å²) in [5, 5.41) is 9.63. The number of benzene rings is 4. The molecule has 0 spiro atoms. The van der Waals surface area contributed by atoms with Gasteiger partial charge in [-0.25, -0.2) is 5.43 Å². The van der Waals surface area contributed by atoms with Crippen molar-refractivity contribution in [2.24, 2.45) is 5.10 Å². The number of anilines is 1. The lowest BCUT2D eigenvalue weighted by atomic mass is 10.1. The van der Waals surface area contributed by atoms with Crippen LogP contribution in [-0.2, 0) is 11.4 Å². The molecule has 0 bridgehead atoms. The number of carbonyl (C=O) groups excluding carboxylic acids is 1. The molecular weight excluding hydrogens is 478 g/mol. The number of hydrogen-bond donors (Lipinski definition) is 2. The molecule has 4 aromatic rings. The van der Waals surface area contributed by atoms with E-state index >= 15 is 0 Å². The van der Waals surface area contributed by atoms with Crippen molar-refractivity contribution in [3.8, 4) is 5.75 Å². The maximum absolute atomic E-state index is 12.5. The highest BCUT2D eigenvalue weighted by Gasteiger charge is 2.12. The highest BCUT2D eigenvalue weighted by molar-refractivity contribution is 9.10. The molecule has 2 N–H and O–H groups in total. The van der Waals surface area contributed by atoms with Crippen molar-refractivity contribution in [2.45, 2.75) is 19.6 Å². The lowest BCUT2D eigenvalue weighted by Gasteiger charge is -2.14. The molecule has 4 aromatic carbocycles. The monoisotopic (exact) mass is 501 g/mol. The molecule has 33 heavy (non-hydrogen) atoms. The second-order valence-corrected chi connectivity index (χ2v) is 8.53. The number of carbonyl (C=O) groups is 1. The molecule has 4 rings (SSSR count). The zero-order valence-electron chi connectivity index (χ0n) is 18.2. The maximum Gasteiger partial charge on any atom is 0.262 e. The van der Waals surface area contributed by atoms with Crippen LogP contribution in [0.15, 0.2) is 101 Å². The fourth-order valence-electron chi connectivity index (χ4n) is 3.32. The van der Waals surface area contributed by atoms with Crippen LogP contribution in [0.1, 0.15) is 18.1 Å². The molecule has 0 fully saturated rings. The normalized spacial score (nSPS) is 11.9. The Morgan fingerprint density at radius 1 is 0.970 bits per heavy atom. The molecule has 6 heteroatoms. The first-order chi connectivity index (χ1) is 16.1. The van der Waals surface area contributed by atoms with Crippen LogP contribution in [0.5, 0.6) is 5.75 Å². The van der Waals surface area contributed by atoms with Crippen molar-refractivity contribution in [2.75, 3.05) is 5.32 Å². The van der Waals surface area contributed by atoms with Crippen molar-refractivity contribution in [3.63, 3.8) is 0 Å². The first-order valence-corrected chi connectivity index (χ1v) is 11.4. The zero-order chi connectivity index (χ0) is 23.0. The topological polar surface area (TPSA) is 62.7 Å². The Labute approximate surface area is 201 Å². The van der Waals surface area contributed by atoms with Crippen molar-refractivity contribution in [1.82, 2.24) is 5.43 Å². The van der Waals surface area contributed by atoms with Gasteiger partial charge in [-0.1, -0.05) is 70.5 Å². The Morgan fingerprint density at radius 2 is 1.70 bits per heavy atom. The third-order valence-corrected chi connectivity index (χ3v) is 5.66. The van der Waals surface area contributed by atoms with E-state index in [-0.39, 0.29) is 5.91 Å². The van der Waals surface area contributed by atoms with Crippen molar-refractivity contribution in [3.05, 3.63) is 107 Å². The number of para-hydroxylation sites is 1. The molecule has 0 radical (unpaired) electrons. The fourth-order valence-corrected chi connectivity index (χ4v) is 3.58. The molecule has 0 aromatic heterocycles. The summed E-state index contributed by atoms with van der Waals surface area (Å²) in [7, 11) is 0. The van der Waals surface area contributed by atoms with Gasteiger partial charge in [0.2, 0.25) is 0 Å². The van der Waals surface area contributed by atoms with Gasteiger partial charge >= 0.3 is 0 Å².